The second-order valence-corrected chi connectivity index (χ2v) is 3.13. The molecule has 14 heavy (non-hydrogen) atoms. The zero-order valence-electron chi connectivity index (χ0n) is 8.32. The van der Waals surface area contributed by atoms with Gasteiger partial charge in [0.05, 0.1) is 0 Å². The molecule has 0 aromatic heterocycles. The molecule has 0 radical (unpaired) electrons. The third kappa shape index (κ3) is 3.09. The highest BCUT2D eigenvalue weighted by Crippen LogP contribution is 2.11. The SMILES string of the molecule is CCCc1ccccc1COC(N)=O. The summed E-state index contributed by atoms with van der Waals surface area (Å²) < 4.78 is 4.75. The molecular weight excluding hydrogens is 178 g/mol. The molecule has 0 heterocycles. The maximum atomic E-state index is 10.4. The minimum Gasteiger partial charge on any atom is -0.445 e. The highest BCUT2D eigenvalue weighted by Gasteiger charge is 2.02. The van der Waals surface area contributed by atoms with Gasteiger partial charge in [0.1, 0.15) is 6.61 Å². The van der Waals surface area contributed by atoms with Crippen molar-refractivity contribution in [1.82, 2.24) is 0 Å². The van der Waals surface area contributed by atoms with Crippen molar-refractivity contribution in [2.45, 2.75) is 26.4 Å². The van der Waals surface area contributed by atoms with Crippen LogP contribution in [0.3, 0.4) is 0 Å². The van der Waals surface area contributed by atoms with E-state index in [9.17, 15) is 4.79 Å². The first kappa shape index (κ1) is 10.6. The Kier molecular flexibility index (Phi) is 3.98. The van der Waals surface area contributed by atoms with Crippen molar-refractivity contribution >= 4 is 6.09 Å². The van der Waals surface area contributed by atoms with Crippen LogP contribution in [0.25, 0.3) is 0 Å². The molecule has 3 nitrogen and oxygen atoms in total. The fraction of sp³-hybridized carbons (Fsp3) is 0.364. The highest BCUT2D eigenvalue weighted by molar-refractivity contribution is 5.64. The number of hydrogen-bond acceptors (Lipinski definition) is 2. The molecule has 0 saturated heterocycles. The first-order chi connectivity index (χ1) is 6.74. The highest BCUT2D eigenvalue weighted by atomic mass is 16.5. The third-order valence-corrected chi connectivity index (χ3v) is 2.01. The van der Waals surface area contributed by atoms with E-state index in [1.165, 1.54) is 5.56 Å². The van der Waals surface area contributed by atoms with Crippen LogP contribution in [0.2, 0.25) is 0 Å². The summed E-state index contributed by atoms with van der Waals surface area (Å²) in [4.78, 5) is 10.4. The Hall–Kier alpha value is -1.51. The summed E-state index contributed by atoms with van der Waals surface area (Å²) in [7, 11) is 0. The van der Waals surface area contributed by atoms with E-state index in [0.29, 0.717) is 0 Å². The number of rotatable bonds is 4. The van der Waals surface area contributed by atoms with Crippen LogP contribution in [-0.4, -0.2) is 6.09 Å². The average Bonchev–Trinajstić information content (AvgIpc) is 2.17. The van der Waals surface area contributed by atoms with E-state index >= 15 is 0 Å². The molecule has 1 amide bonds. The first-order valence-corrected chi connectivity index (χ1v) is 4.73. The minimum atomic E-state index is -0.726. The lowest BCUT2D eigenvalue weighted by Gasteiger charge is -2.07. The van der Waals surface area contributed by atoms with Gasteiger partial charge in [0.25, 0.3) is 0 Å². The lowest BCUT2D eigenvalue weighted by Crippen LogP contribution is -2.13. The quantitative estimate of drug-likeness (QED) is 0.797. The van der Waals surface area contributed by atoms with Crippen LogP contribution in [0, 0.1) is 0 Å². The molecule has 1 aromatic rings. The average molecular weight is 193 g/mol. The number of aryl methyl sites for hydroxylation is 1. The smallest absolute Gasteiger partial charge is 0.404 e. The molecule has 0 aliphatic heterocycles. The molecule has 2 N–H and O–H groups in total. The summed E-state index contributed by atoms with van der Waals surface area (Å²) in [6.07, 6.45) is 1.35. The number of carbonyl (C=O) groups excluding carboxylic acids is 1. The molecule has 0 atom stereocenters. The number of ether oxygens (including phenoxy) is 1. The van der Waals surface area contributed by atoms with Crippen LogP contribution in [0.15, 0.2) is 24.3 Å². The van der Waals surface area contributed by atoms with Crippen molar-refractivity contribution in [3.8, 4) is 0 Å². The molecule has 1 aromatic carbocycles. The maximum Gasteiger partial charge on any atom is 0.404 e. The van der Waals surface area contributed by atoms with Gasteiger partial charge < -0.3 is 10.5 Å². The number of primary amides is 1. The Balaban J connectivity index is 2.68. The zero-order chi connectivity index (χ0) is 10.4. The largest absolute Gasteiger partial charge is 0.445 e. The third-order valence-electron chi connectivity index (χ3n) is 2.01. The second kappa shape index (κ2) is 5.27. The molecule has 1 rings (SSSR count). The van der Waals surface area contributed by atoms with E-state index in [1.807, 2.05) is 24.3 Å². The number of carbonyl (C=O) groups is 1. The Morgan fingerprint density at radius 3 is 2.57 bits per heavy atom. The van der Waals surface area contributed by atoms with E-state index in [2.05, 4.69) is 6.92 Å². The predicted octanol–water partition coefficient (Wildman–Crippen LogP) is 2.23. The van der Waals surface area contributed by atoms with Crippen LogP contribution in [0.4, 0.5) is 4.79 Å². The second-order valence-electron chi connectivity index (χ2n) is 3.13. The van der Waals surface area contributed by atoms with Gasteiger partial charge in [0.15, 0.2) is 0 Å². The van der Waals surface area contributed by atoms with Gasteiger partial charge in [-0.1, -0.05) is 37.6 Å². The molecule has 3 heteroatoms. The molecule has 0 aliphatic rings. The van der Waals surface area contributed by atoms with Crippen LogP contribution in [-0.2, 0) is 17.8 Å². The summed E-state index contributed by atoms with van der Waals surface area (Å²) in [5.41, 5.74) is 7.16. The Morgan fingerprint density at radius 1 is 1.36 bits per heavy atom. The van der Waals surface area contributed by atoms with E-state index in [0.717, 1.165) is 18.4 Å². The van der Waals surface area contributed by atoms with Gasteiger partial charge in [0.2, 0.25) is 0 Å². The standard InChI is InChI=1S/C11H15NO2/c1-2-5-9-6-3-4-7-10(9)8-14-11(12)13/h3-4,6-7H,2,5,8H2,1H3,(H2,12,13). The lowest BCUT2D eigenvalue weighted by molar-refractivity contribution is 0.150. The Bertz CT molecular complexity index is 310. The van der Waals surface area contributed by atoms with Crippen LogP contribution < -0.4 is 5.73 Å². The summed E-state index contributed by atoms with van der Waals surface area (Å²) in [6, 6.07) is 7.91. The van der Waals surface area contributed by atoms with E-state index in [-0.39, 0.29) is 6.61 Å². The van der Waals surface area contributed by atoms with Crippen molar-refractivity contribution < 1.29 is 9.53 Å². The fourth-order valence-corrected chi connectivity index (χ4v) is 1.36. The topological polar surface area (TPSA) is 52.3 Å². The summed E-state index contributed by atoms with van der Waals surface area (Å²) >= 11 is 0. The van der Waals surface area contributed by atoms with Gasteiger partial charge >= 0.3 is 6.09 Å². The van der Waals surface area contributed by atoms with Gasteiger partial charge in [-0.25, -0.2) is 4.79 Å². The molecular formula is C11H15NO2. The summed E-state index contributed by atoms with van der Waals surface area (Å²) in [5, 5.41) is 0. The molecule has 0 saturated carbocycles. The van der Waals surface area contributed by atoms with E-state index < -0.39 is 6.09 Å². The molecule has 0 fully saturated rings. The predicted molar refractivity (Wildman–Crippen MR) is 54.8 cm³/mol. The number of amides is 1. The van der Waals surface area contributed by atoms with Gasteiger partial charge in [-0.3, -0.25) is 0 Å². The van der Waals surface area contributed by atoms with Crippen LogP contribution >= 0.6 is 0 Å². The summed E-state index contributed by atoms with van der Waals surface area (Å²) in [6.45, 7) is 2.39. The molecule has 0 aliphatic carbocycles. The number of nitrogens with two attached hydrogens (primary N) is 1. The normalized spacial score (nSPS) is 9.79. The van der Waals surface area contributed by atoms with Crippen molar-refractivity contribution in [2.75, 3.05) is 0 Å². The van der Waals surface area contributed by atoms with Gasteiger partial charge in [-0.15, -0.1) is 0 Å². The van der Waals surface area contributed by atoms with E-state index in [4.69, 9.17) is 10.5 Å². The van der Waals surface area contributed by atoms with Gasteiger partial charge in [0, 0.05) is 0 Å². The van der Waals surface area contributed by atoms with Crippen molar-refractivity contribution in [2.24, 2.45) is 5.73 Å². The molecule has 0 bridgehead atoms. The Labute approximate surface area is 83.9 Å². The number of benzene rings is 1. The zero-order valence-corrected chi connectivity index (χ0v) is 8.32. The van der Waals surface area contributed by atoms with Crippen molar-refractivity contribution in [1.29, 1.82) is 0 Å². The monoisotopic (exact) mass is 193 g/mol. The van der Waals surface area contributed by atoms with Gasteiger partial charge in [-0.05, 0) is 17.5 Å². The number of hydrogen-bond donors (Lipinski definition) is 1. The van der Waals surface area contributed by atoms with Crippen LogP contribution in [0.1, 0.15) is 24.5 Å². The van der Waals surface area contributed by atoms with Crippen LogP contribution in [0.5, 0.6) is 0 Å². The minimum absolute atomic E-state index is 0.269. The van der Waals surface area contributed by atoms with E-state index in [1.54, 1.807) is 0 Å². The van der Waals surface area contributed by atoms with Gasteiger partial charge in [-0.2, -0.15) is 0 Å². The van der Waals surface area contributed by atoms with Crippen molar-refractivity contribution in [3.63, 3.8) is 0 Å². The Morgan fingerprint density at radius 2 is 2.00 bits per heavy atom. The molecule has 0 spiro atoms. The first-order valence-electron chi connectivity index (χ1n) is 4.73. The maximum absolute atomic E-state index is 10.4. The lowest BCUT2D eigenvalue weighted by atomic mass is 10.0. The molecule has 0 unspecified atom stereocenters. The molecule has 76 valence electrons. The fourth-order valence-electron chi connectivity index (χ4n) is 1.36. The summed E-state index contributed by atoms with van der Waals surface area (Å²) in [5.74, 6) is 0. The van der Waals surface area contributed by atoms with Crippen molar-refractivity contribution in [3.05, 3.63) is 35.4 Å².